The van der Waals surface area contributed by atoms with Crippen molar-refractivity contribution in [3.05, 3.63) is 35.1 Å². The van der Waals surface area contributed by atoms with E-state index in [1.807, 2.05) is 6.92 Å². The van der Waals surface area contributed by atoms with E-state index in [2.05, 4.69) is 18.7 Å². The summed E-state index contributed by atoms with van der Waals surface area (Å²) >= 11 is 0. The van der Waals surface area contributed by atoms with Crippen LogP contribution in [-0.2, 0) is 11.2 Å². The van der Waals surface area contributed by atoms with E-state index in [4.69, 9.17) is 0 Å². The summed E-state index contributed by atoms with van der Waals surface area (Å²) in [6.45, 7) is 7.94. The van der Waals surface area contributed by atoms with E-state index in [1.54, 1.807) is 6.07 Å². The fourth-order valence-electron chi connectivity index (χ4n) is 3.76. The predicted molar refractivity (Wildman–Crippen MR) is 84.0 cm³/mol. The van der Waals surface area contributed by atoms with E-state index in [-0.39, 0.29) is 11.4 Å². The average molecular weight is 291 g/mol. The molecule has 3 heteroatoms. The summed E-state index contributed by atoms with van der Waals surface area (Å²) in [4.78, 5) is 15.3. The summed E-state index contributed by atoms with van der Waals surface area (Å²) in [6.07, 6.45) is 4.61. The lowest BCUT2D eigenvalue weighted by Crippen LogP contribution is -2.53. The van der Waals surface area contributed by atoms with Crippen LogP contribution in [0.25, 0.3) is 0 Å². The molecule has 1 aliphatic carbocycles. The quantitative estimate of drug-likeness (QED) is 0.792. The SMILES string of the molecule is CCN(CC)C1(C(=O)Cc2ccc(F)cc2C)CCCC1. The zero-order valence-corrected chi connectivity index (χ0v) is 13.4. The van der Waals surface area contributed by atoms with E-state index in [0.29, 0.717) is 12.2 Å². The zero-order valence-electron chi connectivity index (χ0n) is 13.4. The molecule has 0 unspecified atom stereocenters. The maximum absolute atomic E-state index is 13.2. The van der Waals surface area contributed by atoms with Crippen LogP contribution in [0.1, 0.15) is 50.7 Å². The van der Waals surface area contributed by atoms with Gasteiger partial charge in [-0.05, 0) is 56.1 Å². The molecule has 1 aromatic rings. The standard InChI is InChI=1S/C18H26FNO/c1-4-20(5-2)18(10-6-7-11-18)17(21)13-15-8-9-16(19)12-14(15)3/h8-9,12H,4-7,10-11,13H2,1-3H3. The van der Waals surface area contributed by atoms with Crippen molar-refractivity contribution >= 4 is 5.78 Å². The summed E-state index contributed by atoms with van der Waals surface area (Å²) in [5.74, 6) is 0.0708. The minimum Gasteiger partial charge on any atom is -0.297 e. The van der Waals surface area contributed by atoms with Gasteiger partial charge in [0.25, 0.3) is 0 Å². The lowest BCUT2D eigenvalue weighted by atomic mass is 9.85. The number of Topliss-reactive ketones (excluding diaryl/α,β-unsaturated/α-hetero) is 1. The van der Waals surface area contributed by atoms with Crippen LogP contribution in [0.2, 0.25) is 0 Å². The van der Waals surface area contributed by atoms with Crippen molar-refractivity contribution in [2.24, 2.45) is 0 Å². The Balaban J connectivity index is 2.23. The molecular formula is C18H26FNO. The van der Waals surface area contributed by atoms with Crippen LogP contribution in [0.15, 0.2) is 18.2 Å². The topological polar surface area (TPSA) is 20.3 Å². The molecule has 1 aromatic carbocycles. The Bertz CT molecular complexity index is 502. The minimum absolute atomic E-state index is 0.233. The first-order valence-corrected chi connectivity index (χ1v) is 8.07. The molecule has 0 heterocycles. The first kappa shape index (κ1) is 16.2. The zero-order chi connectivity index (χ0) is 15.5. The Kier molecular flexibility index (Phi) is 5.15. The Labute approximate surface area is 127 Å². The Morgan fingerprint density at radius 2 is 1.86 bits per heavy atom. The molecule has 2 nitrogen and oxygen atoms in total. The van der Waals surface area contributed by atoms with Crippen LogP contribution < -0.4 is 0 Å². The number of carbonyl (C=O) groups is 1. The third kappa shape index (κ3) is 3.18. The van der Waals surface area contributed by atoms with E-state index in [9.17, 15) is 9.18 Å². The minimum atomic E-state index is -0.287. The molecule has 2 rings (SSSR count). The number of carbonyl (C=O) groups excluding carboxylic acids is 1. The van der Waals surface area contributed by atoms with E-state index in [1.165, 1.54) is 12.1 Å². The van der Waals surface area contributed by atoms with Gasteiger partial charge in [0, 0.05) is 6.42 Å². The largest absolute Gasteiger partial charge is 0.297 e. The monoisotopic (exact) mass is 291 g/mol. The van der Waals surface area contributed by atoms with Gasteiger partial charge in [-0.2, -0.15) is 0 Å². The van der Waals surface area contributed by atoms with Gasteiger partial charge in [-0.3, -0.25) is 9.69 Å². The maximum atomic E-state index is 13.2. The Morgan fingerprint density at radius 1 is 1.24 bits per heavy atom. The summed E-state index contributed by atoms with van der Waals surface area (Å²) in [6, 6.07) is 4.73. The van der Waals surface area contributed by atoms with E-state index < -0.39 is 0 Å². The molecule has 0 bridgehead atoms. The molecular weight excluding hydrogens is 265 g/mol. The van der Waals surface area contributed by atoms with Crippen molar-refractivity contribution in [2.45, 2.75) is 58.4 Å². The van der Waals surface area contributed by atoms with Gasteiger partial charge >= 0.3 is 0 Å². The highest BCUT2D eigenvalue weighted by atomic mass is 19.1. The molecule has 1 saturated carbocycles. The first-order chi connectivity index (χ1) is 10.0. The van der Waals surface area contributed by atoms with Crippen LogP contribution >= 0.6 is 0 Å². The van der Waals surface area contributed by atoms with Gasteiger partial charge in [-0.15, -0.1) is 0 Å². The molecule has 0 amide bonds. The highest BCUT2D eigenvalue weighted by Gasteiger charge is 2.44. The summed E-state index contributed by atoms with van der Waals surface area (Å²) in [5, 5.41) is 0. The van der Waals surface area contributed by atoms with Crippen LogP contribution in [-0.4, -0.2) is 29.3 Å². The number of nitrogens with zero attached hydrogens (tertiary/aromatic N) is 1. The van der Waals surface area contributed by atoms with Gasteiger partial charge in [0.1, 0.15) is 5.82 Å². The lowest BCUT2D eigenvalue weighted by Gasteiger charge is -2.39. The number of rotatable bonds is 6. The van der Waals surface area contributed by atoms with Crippen LogP contribution in [0, 0.1) is 12.7 Å². The normalized spacial score (nSPS) is 17.4. The van der Waals surface area contributed by atoms with Crippen LogP contribution in [0.5, 0.6) is 0 Å². The summed E-state index contributed by atoms with van der Waals surface area (Å²) in [5.41, 5.74) is 1.54. The molecule has 1 aliphatic rings. The average Bonchev–Trinajstić information content (AvgIpc) is 2.94. The van der Waals surface area contributed by atoms with Gasteiger partial charge < -0.3 is 0 Å². The molecule has 21 heavy (non-hydrogen) atoms. The van der Waals surface area contributed by atoms with Crippen molar-refractivity contribution in [3.63, 3.8) is 0 Å². The number of aryl methyl sites for hydroxylation is 1. The van der Waals surface area contributed by atoms with Crippen molar-refractivity contribution in [2.75, 3.05) is 13.1 Å². The maximum Gasteiger partial charge on any atom is 0.157 e. The number of hydrogen-bond donors (Lipinski definition) is 0. The molecule has 0 atom stereocenters. The molecule has 0 radical (unpaired) electrons. The lowest BCUT2D eigenvalue weighted by molar-refractivity contribution is -0.130. The molecule has 0 saturated heterocycles. The number of benzene rings is 1. The molecule has 0 aromatic heterocycles. The highest BCUT2D eigenvalue weighted by molar-refractivity contribution is 5.90. The number of ketones is 1. The highest BCUT2D eigenvalue weighted by Crippen LogP contribution is 2.37. The molecule has 1 fully saturated rings. The Morgan fingerprint density at radius 3 is 2.38 bits per heavy atom. The Hall–Kier alpha value is -1.22. The third-order valence-corrected chi connectivity index (χ3v) is 4.97. The fourth-order valence-corrected chi connectivity index (χ4v) is 3.76. The van der Waals surface area contributed by atoms with Gasteiger partial charge in [0.15, 0.2) is 5.78 Å². The second kappa shape index (κ2) is 6.69. The van der Waals surface area contributed by atoms with Crippen molar-refractivity contribution in [3.8, 4) is 0 Å². The van der Waals surface area contributed by atoms with Gasteiger partial charge in [0.05, 0.1) is 5.54 Å². The molecule has 116 valence electrons. The second-order valence-electron chi connectivity index (χ2n) is 6.08. The molecule has 0 spiro atoms. The van der Waals surface area contributed by atoms with Crippen LogP contribution in [0.4, 0.5) is 4.39 Å². The second-order valence-corrected chi connectivity index (χ2v) is 6.08. The summed E-state index contributed by atoms with van der Waals surface area (Å²) < 4.78 is 13.2. The summed E-state index contributed by atoms with van der Waals surface area (Å²) in [7, 11) is 0. The smallest absolute Gasteiger partial charge is 0.157 e. The first-order valence-electron chi connectivity index (χ1n) is 8.07. The molecule has 0 aliphatic heterocycles. The molecule has 0 N–H and O–H groups in total. The van der Waals surface area contributed by atoms with Gasteiger partial charge in [0.2, 0.25) is 0 Å². The van der Waals surface area contributed by atoms with Crippen molar-refractivity contribution < 1.29 is 9.18 Å². The van der Waals surface area contributed by atoms with Gasteiger partial charge in [-0.25, -0.2) is 4.39 Å². The third-order valence-electron chi connectivity index (χ3n) is 4.97. The van der Waals surface area contributed by atoms with Crippen molar-refractivity contribution in [1.82, 2.24) is 4.90 Å². The number of likely N-dealkylation sites (N-methyl/N-ethyl adjacent to an activating group) is 1. The van der Waals surface area contributed by atoms with Crippen LogP contribution in [0.3, 0.4) is 0 Å². The fraction of sp³-hybridized carbons (Fsp3) is 0.611. The van der Waals surface area contributed by atoms with Gasteiger partial charge in [-0.1, -0.05) is 32.8 Å². The number of hydrogen-bond acceptors (Lipinski definition) is 2. The number of halogens is 1. The van der Waals surface area contributed by atoms with E-state index in [0.717, 1.165) is 49.9 Å². The van der Waals surface area contributed by atoms with E-state index >= 15 is 0 Å². The van der Waals surface area contributed by atoms with Crippen molar-refractivity contribution in [1.29, 1.82) is 0 Å². The predicted octanol–water partition coefficient (Wildman–Crippen LogP) is 3.90.